The maximum Gasteiger partial charge on any atom is 0.223 e. The topological polar surface area (TPSA) is 42.0 Å². The van der Waals surface area contributed by atoms with Crippen LogP contribution in [-0.4, -0.2) is 10.9 Å². The lowest BCUT2D eigenvalue weighted by atomic mass is 10.0. The van der Waals surface area contributed by atoms with Gasteiger partial charge in [0.25, 0.3) is 0 Å². The Morgan fingerprint density at radius 1 is 1.35 bits per heavy atom. The fraction of sp³-hybridized carbons (Fsp3) is 0.375. The van der Waals surface area contributed by atoms with E-state index in [0.717, 1.165) is 24.0 Å². The molecule has 2 aromatic rings. The van der Waals surface area contributed by atoms with Crippen molar-refractivity contribution in [2.45, 2.75) is 33.2 Å². The maximum absolute atomic E-state index is 12.0. The number of hydrogen-bond donors (Lipinski definition) is 1. The third kappa shape index (κ3) is 3.67. The van der Waals surface area contributed by atoms with Crippen LogP contribution in [0.15, 0.2) is 36.0 Å². The number of carbonyl (C=O) groups is 1. The van der Waals surface area contributed by atoms with Gasteiger partial charge in [-0.15, -0.1) is 11.3 Å². The Hall–Kier alpha value is -1.68. The van der Waals surface area contributed by atoms with Gasteiger partial charge in [-0.25, -0.2) is 0 Å². The third-order valence-electron chi connectivity index (χ3n) is 3.42. The number of rotatable bonds is 6. The first-order valence-electron chi connectivity index (χ1n) is 7.00. The minimum Gasteiger partial charge on any atom is -0.352 e. The van der Waals surface area contributed by atoms with Crippen molar-refractivity contribution in [2.24, 2.45) is 5.92 Å². The van der Waals surface area contributed by atoms with E-state index in [1.807, 2.05) is 32.3 Å². The quantitative estimate of drug-likeness (QED) is 0.877. The lowest BCUT2D eigenvalue weighted by molar-refractivity contribution is -0.125. The van der Waals surface area contributed by atoms with E-state index < -0.39 is 0 Å². The number of pyridine rings is 1. The van der Waals surface area contributed by atoms with Gasteiger partial charge in [0.15, 0.2) is 0 Å². The molecule has 1 N–H and O–H groups in total. The Kier molecular flexibility index (Phi) is 5.30. The molecule has 2 rings (SSSR count). The Morgan fingerprint density at radius 3 is 2.80 bits per heavy atom. The van der Waals surface area contributed by atoms with Gasteiger partial charge in [-0.1, -0.05) is 19.9 Å². The zero-order valence-electron chi connectivity index (χ0n) is 11.9. The minimum atomic E-state index is 0.114. The summed E-state index contributed by atoms with van der Waals surface area (Å²) in [5.74, 6) is 0.250. The second kappa shape index (κ2) is 7.20. The smallest absolute Gasteiger partial charge is 0.223 e. The average Bonchev–Trinajstić information content (AvgIpc) is 3.01. The van der Waals surface area contributed by atoms with Crippen LogP contribution in [0.5, 0.6) is 0 Å². The molecule has 4 heteroatoms. The number of aromatic nitrogens is 1. The summed E-state index contributed by atoms with van der Waals surface area (Å²) >= 11 is 1.69. The first-order chi connectivity index (χ1) is 9.74. The lowest BCUT2D eigenvalue weighted by Crippen LogP contribution is -2.29. The van der Waals surface area contributed by atoms with Crippen LogP contribution in [0.1, 0.15) is 32.3 Å². The van der Waals surface area contributed by atoms with Gasteiger partial charge in [0, 0.05) is 35.3 Å². The van der Waals surface area contributed by atoms with E-state index >= 15 is 0 Å². The number of amides is 1. The van der Waals surface area contributed by atoms with Gasteiger partial charge < -0.3 is 5.32 Å². The van der Waals surface area contributed by atoms with Gasteiger partial charge in [0.2, 0.25) is 5.91 Å². The first-order valence-corrected chi connectivity index (χ1v) is 7.88. The normalized spacial score (nSPS) is 10.8. The zero-order valence-corrected chi connectivity index (χ0v) is 12.7. The van der Waals surface area contributed by atoms with Crippen molar-refractivity contribution in [3.05, 3.63) is 41.5 Å². The highest BCUT2D eigenvalue weighted by Gasteiger charge is 2.13. The molecule has 0 saturated carbocycles. The molecule has 0 aromatic carbocycles. The van der Waals surface area contributed by atoms with Crippen molar-refractivity contribution in [1.29, 1.82) is 0 Å². The van der Waals surface area contributed by atoms with E-state index in [4.69, 9.17) is 0 Å². The van der Waals surface area contributed by atoms with Crippen LogP contribution in [0.3, 0.4) is 0 Å². The van der Waals surface area contributed by atoms with Gasteiger partial charge >= 0.3 is 0 Å². The molecule has 0 aliphatic carbocycles. The molecule has 0 radical (unpaired) electrons. The Labute approximate surface area is 124 Å². The molecule has 0 fully saturated rings. The van der Waals surface area contributed by atoms with Crippen LogP contribution in [0.2, 0.25) is 0 Å². The van der Waals surface area contributed by atoms with Crippen LogP contribution >= 0.6 is 11.3 Å². The monoisotopic (exact) mass is 288 g/mol. The molecule has 1 amide bonds. The number of carbonyl (C=O) groups excluding carboxylic acids is 1. The highest BCUT2D eigenvalue weighted by atomic mass is 32.1. The molecule has 0 aliphatic rings. The fourth-order valence-corrected chi connectivity index (χ4v) is 2.86. The van der Waals surface area contributed by atoms with E-state index in [1.54, 1.807) is 11.3 Å². The van der Waals surface area contributed by atoms with Gasteiger partial charge in [0.05, 0.1) is 0 Å². The molecule has 0 aliphatic heterocycles. The molecule has 0 atom stereocenters. The van der Waals surface area contributed by atoms with Gasteiger partial charge in [0.1, 0.15) is 0 Å². The summed E-state index contributed by atoms with van der Waals surface area (Å²) in [5, 5.41) is 5.05. The predicted octanol–water partition coefficient (Wildman–Crippen LogP) is 3.86. The predicted molar refractivity (Wildman–Crippen MR) is 83.5 cm³/mol. The molecule has 20 heavy (non-hydrogen) atoms. The first kappa shape index (κ1) is 14.7. The zero-order chi connectivity index (χ0) is 14.4. The molecule has 0 bridgehead atoms. The highest BCUT2D eigenvalue weighted by molar-refractivity contribution is 7.13. The fourth-order valence-electron chi connectivity index (χ4n) is 2.15. The Bertz CT molecular complexity index is 547. The van der Waals surface area contributed by atoms with Crippen LogP contribution in [0.25, 0.3) is 10.4 Å². The summed E-state index contributed by atoms with van der Waals surface area (Å²) in [6, 6.07) is 6.20. The Balaban J connectivity index is 2.00. The van der Waals surface area contributed by atoms with Gasteiger partial charge in [-0.2, -0.15) is 0 Å². The average molecular weight is 288 g/mol. The second-order valence-electron chi connectivity index (χ2n) is 4.79. The van der Waals surface area contributed by atoms with Crippen LogP contribution in [0, 0.1) is 5.92 Å². The Morgan fingerprint density at radius 2 is 2.15 bits per heavy atom. The molecule has 3 nitrogen and oxygen atoms in total. The summed E-state index contributed by atoms with van der Waals surface area (Å²) in [4.78, 5) is 17.4. The SMILES string of the molecule is CCC(CC)C(=O)NCc1cncc(-c2cccs2)c1. The number of hydrogen-bond acceptors (Lipinski definition) is 3. The molecule has 0 spiro atoms. The van der Waals surface area contributed by atoms with E-state index in [0.29, 0.717) is 6.54 Å². The maximum atomic E-state index is 12.0. The number of nitrogens with one attached hydrogen (secondary N) is 1. The molecule has 2 aromatic heterocycles. The van der Waals surface area contributed by atoms with Crippen molar-refractivity contribution in [3.8, 4) is 10.4 Å². The van der Waals surface area contributed by atoms with Crippen molar-refractivity contribution >= 4 is 17.2 Å². The van der Waals surface area contributed by atoms with Crippen LogP contribution in [-0.2, 0) is 11.3 Å². The van der Waals surface area contributed by atoms with E-state index in [2.05, 4.69) is 27.8 Å². The van der Waals surface area contributed by atoms with E-state index in [9.17, 15) is 4.79 Å². The third-order valence-corrected chi connectivity index (χ3v) is 4.34. The van der Waals surface area contributed by atoms with Crippen molar-refractivity contribution in [2.75, 3.05) is 0 Å². The van der Waals surface area contributed by atoms with Crippen LogP contribution in [0.4, 0.5) is 0 Å². The molecule has 106 valence electrons. The van der Waals surface area contributed by atoms with Crippen LogP contribution < -0.4 is 5.32 Å². The number of nitrogens with zero attached hydrogens (tertiary/aromatic N) is 1. The second-order valence-corrected chi connectivity index (χ2v) is 5.74. The van der Waals surface area contributed by atoms with Crippen molar-refractivity contribution < 1.29 is 4.79 Å². The summed E-state index contributed by atoms with van der Waals surface area (Å²) in [7, 11) is 0. The van der Waals surface area contributed by atoms with Crippen molar-refractivity contribution in [3.63, 3.8) is 0 Å². The highest BCUT2D eigenvalue weighted by Crippen LogP contribution is 2.24. The molecule has 2 heterocycles. The van der Waals surface area contributed by atoms with E-state index in [-0.39, 0.29) is 11.8 Å². The van der Waals surface area contributed by atoms with E-state index in [1.165, 1.54) is 4.88 Å². The van der Waals surface area contributed by atoms with Gasteiger partial charge in [-0.3, -0.25) is 9.78 Å². The summed E-state index contributed by atoms with van der Waals surface area (Å²) in [6.45, 7) is 4.64. The lowest BCUT2D eigenvalue weighted by Gasteiger charge is -2.12. The van der Waals surface area contributed by atoms with Gasteiger partial charge in [-0.05, 0) is 35.9 Å². The molecular weight excluding hydrogens is 268 g/mol. The largest absolute Gasteiger partial charge is 0.352 e. The van der Waals surface area contributed by atoms with Crippen molar-refractivity contribution in [1.82, 2.24) is 10.3 Å². The number of thiophene rings is 1. The molecule has 0 unspecified atom stereocenters. The summed E-state index contributed by atoms with van der Waals surface area (Å²) < 4.78 is 0. The molecule has 0 saturated heterocycles. The minimum absolute atomic E-state index is 0.114. The summed E-state index contributed by atoms with van der Waals surface area (Å²) in [5.41, 5.74) is 2.14. The summed E-state index contributed by atoms with van der Waals surface area (Å²) in [6.07, 6.45) is 5.44. The standard InChI is InChI=1S/C16H20N2OS/c1-3-13(4-2)16(19)18-10-12-8-14(11-17-9-12)15-6-5-7-20-15/h5-9,11,13H,3-4,10H2,1-2H3,(H,18,19). The molecular formula is C16H20N2OS.